The lowest BCUT2D eigenvalue weighted by Gasteiger charge is -2.19. The van der Waals surface area contributed by atoms with E-state index in [0.29, 0.717) is 18.1 Å². The summed E-state index contributed by atoms with van der Waals surface area (Å²) in [6.45, 7) is 1.30. The number of aromatic nitrogens is 1. The number of hydrogen-bond donors (Lipinski definition) is 0. The molecule has 124 valence electrons. The van der Waals surface area contributed by atoms with E-state index in [9.17, 15) is 5.26 Å². The summed E-state index contributed by atoms with van der Waals surface area (Å²) in [5, 5.41) is 14.0. The molecule has 2 aliphatic rings. The van der Waals surface area contributed by atoms with E-state index in [-0.39, 0.29) is 6.10 Å². The standard InChI is InChI=1S/C19H20N2O2S/c20-10-16-18(13-7-9-24-12-13)15-4-2-1-3-5-17(15)21-19(16)23-14-6-8-22-11-14/h7,9,12,14H,1-6,8,11H2. The van der Waals surface area contributed by atoms with Crippen molar-refractivity contribution in [2.45, 2.75) is 44.6 Å². The number of thiophene rings is 1. The molecule has 2 aromatic rings. The van der Waals surface area contributed by atoms with Crippen molar-refractivity contribution < 1.29 is 9.47 Å². The fourth-order valence-corrected chi connectivity index (χ4v) is 4.22. The number of aryl methyl sites for hydroxylation is 1. The van der Waals surface area contributed by atoms with Crippen LogP contribution in [-0.2, 0) is 17.6 Å². The molecule has 1 saturated heterocycles. The molecule has 4 rings (SSSR count). The van der Waals surface area contributed by atoms with Crippen LogP contribution in [0.4, 0.5) is 0 Å². The summed E-state index contributed by atoms with van der Waals surface area (Å²) >= 11 is 1.66. The molecule has 1 aliphatic carbocycles. The summed E-state index contributed by atoms with van der Waals surface area (Å²) < 4.78 is 11.5. The Morgan fingerprint density at radius 2 is 2.21 bits per heavy atom. The van der Waals surface area contributed by atoms with Crippen molar-refractivity contribution in [2.24, 2.45) is 0 Å². The van der Waals surface area contributed by atoms with Crippen LogP contribution in [0.3, 0.4) is 0 Å². The van der Waals surface area contributed by atoms with Crippen molar-refractivity contribution in [3.8, 4) is 23.1 Å². The normalized spacial score (nSPS) is 20.2. The fraction of sp³-hybridized carbons (Fsp3) is 0.474. The maximum atomic E-state index is 9.85. The first-order valence-electron chi connectivity index (χ1n) is 8.59. The Kier molecular flexibility index (Phi) is 4.50. The van der Waals surface area contributed by atoms with Crippen LogP contribution in [0, 0.1) is 11.3 Å². The van der Waals surface area contributed by atoms with E-state index >= 15 is 0 Å². The van der Waals surface area contributed by atoms with E-state index in [2.05, 4.69) is 22.9 Å². The van der Waals surface area contributed by atoms with Gasteiger partial charge in [0.05, 0.1) is 13.2 Å². The molecule has 0 amide bonds. The Morgan fingerprint density at radius 1 is 1.29 bits per heavy atom. The van der Waals surface area contributed by atoms with Crippen LogP contribution in [0.2, 0.25) is 0 Å². The first-order chi connectivity index (χ1) is 11.9. The Hall–Kier alpha value is -1.90. The second-order valence-electron chi connectivity index (χ2n) is 6.38. The average molecular weight is 340 g/mol. The van der Waals surface area contributed by atoms with Gasteiger partial charge < -0.3 is 9.47 Å². The lowest BCUT2D eigenvalue weighted by Crippen LogP contribution is -2.18. The molecule has 5 heteroatoms. The van der Waals surface area contributed by atoms with Gasteiger partial charge in [-0.15, -0.1) is 0 Å². The summed E-state index contributed by atoms with van der Waals surface area (Å²) in [6, 6.07) is 4.47. The zero-order chi connectivity index (χ0) is 16.4. The fourth-order valence-electron chi connectivity index (χ4n) is 3.57. The topological polar surface area (TPSA) is 55.1 Å². The number of ether oxygens (including phenoxy) is 2. The molecule has 3 heterocycles. The van der Waals surface area contributed by atoms with Gasteiger partial charge in [-0.1, -0.05) is 6.42 Å². The number of fused-ring (bicyclic) bond motifs is 1. The molecule has 0 bridgehead atoms. The number of hydrogen-bond acceptors (Lipinski definition) is 5. The number of nitrogens with zero attached hydrogens (tertiary/aromatic N) is 2. The number of nitriles is 1. The van der Waals surface area contributed by atoms with Gasteiger partial charge in [0.15, 0.2) is 0 Å². The van der Waals surface area contributed by atoms with Gasteiger partial charge in [-0.3, -0.25) is 0 Å². The van der Waals surface area contributed by atoms with Crippen LogP contribution in [0.25, 0.3) is 11.1 Å². The highest BCUT2D eigenvalue weighted by molar-refractivity contribution is 7.08. The van der Waals surface area contributed by atoms with Crippen molar-refractivity contribution in [3.63, 3.8) is 0 Å². The Balaban J connectivity index is 1.86. The molecule has 0 aromatic carbocycles. The van der Waals surface area contributed by atoms with Gasteiger partial charge in [0.1, 0.15) is 17.7 Å². The quantitative estimate of drug-likeness (QED) is 0.789. The van der Waals surface area contributed by atoms with Gasteiger partial charge in [-0.05, 0) is 53.6 Å². The van der Waals surface area contributed by atoms with Crippen LogP contribution in [0.1, 0.15) is 42.5 Å². The smallest absolute Gasteiger partial charge is 0.232 e. The molecule has 0 saturated carbocycles. The molecule has 2 aromatic heterocycles. The maximum absolute atomic E-state index is 9.85. The van der Waals surface area contributed by atoms with E-state index in [1.54, 1.807) is 11.3 Å². The molecular weight excluding hydrogens is 320 g/mol. The van der Waals surface area contributed by atoms with Crippen molar-refractivity contribution in [2.75, 3.05) is 13.2 Å². The van der Waals surface area contributed by atoms with E-state index in [4.69, 9.17) is 14.5 Å². The summed E-state index contributed by atoms with van der Waals surface area (Å²) in [5.74, 6) is 0.495. The third-order valence-corrected chi connectivity index (χ3v) is 5.46. The van der Waals surface area contributed by atoms with Crippen LogP contribution < -0.4 is 4.74 Å². The Labute approximate surface area is 146 Å². The van der Waals surface area contributed by atoms with Crippen LogP contribution in [-0.4, -0.2) is 24.3 Å². The van der Waals surface area contributed by atoms with E-state index in [0.717, 1.165) is 55.5 Å². The van der Waals surface area contributed by atoms with Gasteiger partial charge in [0.25, 0.3) is 0 Å². The average Bonchev–Trinajstić information content (AvgIpc) is 3.25. The van der Waals surface area contributed by atoms with Crippen LogP contribution in [0.15, 0.2) is 16.8 Å². The van der Waals surface area contributed by atoms with E-state index in [1.165, 1.54) is 12.0 Å². The molecule has 0 spiro atoms. The summed E-state index contributed by atoms with van der Waals surface area (Å²) in [4.78, 5) is 4.78. The minimum atomic E-state index is 0.00347. The van der Waals surface area contributed by atoms with Gasteiger partial charge in [0, 0.05) is 17.7 Å². The minimum Gasteiger partial charge on any atom is -0.471 e. The van der Waals surface area contributed by atoms with Gasteiger partial charge in [-0.25, -0.2) is 4.98 Å². The molecular formula is C19H20N2O2S. The highest BCUT2D eigenvalue weighted by atomic mass is 32.1. The van der Waals surface area contributed by atoms with E-state index < -0.39 is 0 Å². The monoisotopic (exact) mass is 340 g/mol. The first kappa shape index (κ1) is 15.6. The summed E-state index contributed by atoms with van der Waals surface area (Å²) in [5.41, 5.74) is 5.10. The van der Waals surface area contributed by atoms with Crippen molar-refractivity contribution in [1.82, 2.24) is 4.98 Å². The number of pyridine rings is 1. The molecule has 1 atom stereocenters. The van der Waals surface area contributed by atoms with Gasteiger partial charge >= 0.3 is 0 Å². The van der Waals surface area contributed by atoms with Gasteiger partial charge in [0.2, 0.25) is 5.88 Å². The van der Waals surface area contributed by atoms with Crippen molar-refractivity contribution >= 4 is 11.3 Å². The summed E-state index contributed by atoms with van der Waals surface area (Å²) in [6.07, 6.45) is 6.36. The van der Waals surface area contributed by atoms with Crippen molar-refractivity contribution in [3.05, 3.63) is 33.6 Å². The predicted octanol–water partition coefficient (Wildman–Crippen LogP) is 4.12. The highest BCUT2D eigenvalue weighted by Gasteiger charge is 2.26. The zero-order valence-corrected chi connectivity index (χ0v) is 14.4. The second kappa shape index (κ2) is 6.92. The van der Waals surface area contributed by atoms with Crippen LogP contribution >= 0.6 is 11.3 Å². The Morgan fingerprint density at radius 3 is 2.96 bits per heavy atom. The third kappa shape index (κ3) is 2.92. The summed E-state index contributed by atoms with van der Waals surface area (Å²) in [7, 11) is 0. The number of rotatable bonds is 3. The largest absolute Gasteiger partial charge is 0.471 e. The predicted molar refractivity (Wildman–Crippen MR) is 93.4 cm³/mol. The van der Waals surface area contributed by atoms with Gasteiger partial charge in [-0.2, -0.15) is 16.6 Å². The molecule has 1 fully saturated rings. The molecule has 0 N–H and O–H groups in total. The van der Waals surface area contributed by atoms with E-state index in [1.807, 2.05) is 0 Å². The minimum absolute atomic E-state index is 0.00347. The Bertz CT molecular complexity index is 759. The van der Waals surface area contributed by atoms with Crippen LogP contribution in [0.5, 0.6) is 5.88 Å². The molecule has 4 nitrogen and oxygen atoms in total. The van der Waals surface area contributed by atoms with Crippen molar-refractivity contribution in [1.29, 1.82) is 5.26 Å². The first-order valence-corrected chi connectivity index (χ1v) is 9.54. The SMILES string of the molecule is N#Cc1c(OC2CCOC2)nc2c(c1-c1ccsc1)CCCCC2. The zero-order valence-electron chi connectivity index (χ0n) is 13.6. The maximum Gasteiger partial charge on any atom is 0.232 e. The lowest BCUT2D eigenvalue weighted by molar-refractivity contribution is 0.137. The lowest BCUT2D eigenvalue weighted by atomic mass is 9.93. The second-order valence-corrected chi connectivity index (χ2v) is 7.16. The molecule has 1 aliphatic heterocycles. The molecule has 24 heavy (non-hydrogen) atoms. The molecule has 0 radical (unpaired) electrons. The molecule has 1 unspecified atom stereocenters. The highest BCUT2D eigenvalue weighted by Crippen LogP contribution is 2.38. The third-order valence-electron chi connectivity index (χ3n) is 4.78.